The highest BCUT2D eigenvalue weighted by Gasteiger charge is 2.13. The van der Waals surface area contributed by atoms with Crippen LogP contribution in [0.1, 0.15) is 37.6 Å². The normalized spacial score (nSPS) is 10.5. The number of aromatic amines is 1. The predicted molar refractivity (Wildman–Crippen MR) is 118 cm³/mol. The molecule has 0 unspecified atom stereocenters. The first-order valence-electron chi connectivity index (χ1n) is 10.1. The minimum absolute atomic E-state index is 0.250. The van der Waals surface area contributed by atoms with Crippen molar-refractivity contribution in [1.29, 1.82) is 0 Å². The molecule has 150 valence electrons. The number of fused-ring (bicyclic) bond motifs is 1. The SMILES string of the molecule is CC.CCc1cc(OCc2ccccc2)ccc1-c1cc(F)c2c(C)[nH]nc2c1. The molecule has 0 fully saturated rings. The van der Waals surface area contributed by atoms with Crippen LogP contribution in [0.15, 0.2) is 60.7 Å². The number of ether oxygens (including phenoxy) is 1. The van der Waals surface area contributed by atoms with Crippen molar-refractivity contribution in [2.45, 2.75) is 40.7 Å². The number of hydrogen-bond donors (Lipinski definition) is 1. The molecule has 0 aliphatic heterocycles. The molecule has 3 aromatic carbocycles. The van der Waals surface area contributed by atoms with Crippen molar-refractivity contribution in [1.82, 2.24) is 10.2 Å². The molecule has 0 saturated heterocycles. The van der Waals surface area contributed by atoms with Gasteiger partial charge < -0.3 is 4.74 Å². The Morgan fingerprint density at radius 3 is 2.48 bits per heavy atom. The van der Waals surface area contributed by atoms with Gasteiger partial charge in [-0.2, -0.15) is 5.10 Å². The standard InChI is InChI=1S/C23H21FN2O.C2H6/c1-3-17-11-19(27-14-16-7-5-4-6-8-16)9-10-20(17)18-12-21(24)23-15(2)25-26-22(23)13-18;1-2/h4-13H,3,14H2,1-2H3,(H,25,26);1-2H3. The number of aromatic nitrogens is 2. The van der Waals surface area contributed by atoms with E-state index >= 15 is 0 Å². The Labute approximate surface area is 171 Å². The topological polar surface area (TPSA) is 37.9 Å². The summed E-state index contributed by atoms with van der Waals surface area (Å²) in [6.45, 7) is 8.44. The minimum atomic E-state index is -0.250. The van der Waals surface area contributed by atoms with Crippen LogP contribution in [-0.4, -0.2) is 10.2 Å². The van der Waals surface area contributed by atoms with Gasteiger partial charge in [0.2, 0.25) is 0 Å². The van der Waals surface area contributed by atoms with Gasteiger partial charge in [0, 0.05) is 5.69 Å². The van der Waals surface area contributed by atoms with Crippen molar-refractivity contribution in [2.75, 3.05) is 0 Å². The highest BCUT2D eigenvalue weighted by molar-refractivity contribution is 5.87. The molecule has 3 nitrogen and oxygen atoms in total. The fourth-order valence-electron chi connectivity index (χ4n) is 3.38. The molecule has 0 radical (unpaired) electrons. The number of aryl methyl sites for hydroxylation is 2. The molecule has 1 heterocycles. The zero-order chi connectivity index (χ0) is 20.8. The Bertz CT molecular complexity index is 1090. The van der Waals surface area contributed by atoms with Gasteiger partial charge in [0.15, 0.2) is 0 Å². The zero-order valence-corrected chi connectivity index (χ0v) is 17.4. The Morgan fingerprint density at radius 2 is 1.76 bits per heavy atom. The molecule has 0 bridgehead atoms. The van der Waals surface area contributed by atoms with Crippen LogP contribution < -0.4 is 4.74 Å². The number of halogens is 1. The van der Waals surface area contributed by atoms with Gasteiger partial charge in [0.05, 0.1) is 10.9 Å². The van der Waals surface area contributed by atoms with Gasteiger partial charge >= 0.3 is 0 Å². The molecular weight excluding hydrogens is 363 g/mol. The number of H-pyrrole nitrogens is 1. The highest BCUT2D eigenvalue weighted by Crippen LogP contribution is 2.32. The number of nitrogens with one attached hydrogen (secondary N) is 1. The second kappa shape index (κ2) is 9.37. The van der Waals surface area contributed by atoms with Crippen LogP contribution in [0.2, 0.25) is 0 Å². The fraction of sp³-hybridized carbons (Fsp3) is 0.240. The Hall–Kier alpha value is -3.14. The van der Waals surface area contributed by atoms with Gasteiger partial charge in [-0.15, -0.1) is 0 Å². The molecule has 0 saturated carbocycles. The predicted octanol–water partition coefficient (Wildman–Crippen LogP) is 6.85. The van der Waals surface area contributed by atoms with E-state index in [1.54, 1.807) is 6.07 Å². The van der Waals surface area contributed by atoms with E-state index in [0.717, 1.165) is 40.1 Å². The maximum absolute atomic E-state index is 14.6. The minimum Gasteiger partial charge on any atom is -0.489 e. The van der Waals surface area contributed by atoms with Gasteiger partial charge in [0.25, 0.3) is 0 Å². The lowest BCUT2D eigenvalue weighted by Gasteiger charge is -2.12. The van der Waals surface area contributed by atoms with E-state index in [-0.39, 0.29) is 5.82 Å². The highest BCUT2D eigenvalue weighted by atomic mass is 19.1. The summed E-state index contributed by atoms with van der Waals surface area (Å²) in [5.41, 5.74) is 5.47. The van der Waals surface area contributed by atoms with Gasteiger partial charge in [0.1, 0.15) is 18.2 Å². The summed E-state index contributed by atoms with van der Waals surface area (Å²) in [6, 6.07) is 19.6. The van der Waals surface area contributed by atoms with E-state index in [0.29, 0.717) is 17.5 Å². The van der Waals surface area contributed by atoms with E-state index in [4.69, 9.17) is 4.74 Å². The molecule has 29 heavy (non-hydrogen) atoms. The molecule has 1 aromatic heterocycles. The first-order valence-corrected chi connectivity index (χ1v) is 10.1. The summed E-state index contributed by atoms with van der Waals surface area (Å²) in [6.07, 6.45) is 0.830. The lowest BCUT2D eigenvalue weighted by Crippen LogP contribution is -1.97. The van der Waals surface area contributed by atoms with E-state index in [9.17, 15) is 4.39 Å². The fourth-order valence-corrected chi connectivity index (χ4v) is 3.38. The van der Waals surface area contributed by atoms with Crippen molar-refractivity contribution in [3.8, 4) is 16.9 Å². The molecule has 4 aromatic rings. The maximum atomic E-state index is 14.6. The number of rotatable bonds is 5. The second-order valence-corrected chi connectivity index (χ2v) is 6.65. The molecule has 4 heteroatoms. The third-order valence-electron chi connectivity index (χ3n) is 4.81. The third kappa shape index (κ3) is 4.48. The third-order valence-corrected chi connectivity index (χ3v) is 4.81. The average Bonchev–Trinajstić information content (AvgIpc) is 3.15. The van der Waals surface area contributed by atoms with Crippen molar-refractivity contribution in [3.63, 3.8) is 0 Å². The smallest absolute Gasteiger partial charge is 0.135 e. The number of benzene rings is 3. The summed E-state index contributed by atoms with van der Waals surface area (Å²) >= 11 is 0. The van der Waals surface area contributed by atoms with Crippen LogP contribution in [0, 0.1) is 12.7 Å². The molecular formula is C25H27FN2O. The van der Waals surface area contributed by atoms with Crippen LogP contribution in [0.3, 0.4) is 0 Å². The van der Waals surface area contributed by atoms with E-state index in [1.807, 2.05) is 75.4 Å². The molecule has 1 N–H and O–H groups in total. The molecule has 4 rings (SSSR count). The molecule has 0 spiro atoms. The van der Waals surface area contributed by atoms with Gasteiger partial charge in [-0.05, 0) is 59.9 Å². The summed E-state index contributed by atoms with van der Waals surface area (Å²) in [4.78, 5) is 0. The first-order chi connectivity index (χ1) is 14.2. The average molecular weight is 391 g/mol. The van der Waals surface area contributed by atoms with Crippen molar-refractivity contribution in [2.24, 2.45) is 0 Å². The van der Waals surface area contributed by atoms with E-state index < -0.39 is 0 Å². The Kier molecular flexibility index (Phi) is 6.65. The van der Waals surface area contributed by atoms with Gasteiger partial charge in [-0.3, -0.25) is 5.10 Å². The summed E-state index contributed by atoms with van der Waals surface area (Å²) in [5, 5.41) is 7.62. The largest absolute Gasteiger partial charge is 0.489 e. The maximum Gasteiger partial charge on any atom is 0.135 e. The molecule has 0 atom stereocenters. The van der Waals surface area contributed by atoms with E-state index in [1.165, 1.54) is 0 Å². The van der Waals surface area contributed by atoms with Crippen molar-refractivity contribution < 1.29 is 9.13 Å². The van der Waals surface area contributed by atoms with Crippen LogP contribution in [-0.2, 0) is 13.0 Å². The quantitative estimate of drug-likeness (QED) is 0.405. The van der Waals surface area contributed by atoms with Gasteiger partial charge in [-0.1, -0.05) is 57.2 Å². The lowest BCUT2D eigenvalue weighted by molar-refractivity contribution is 0.306. The summed E-state index contributed by atoms with van der Waals surface area (Å²) in [5.74, 6) is 0.567. The lowest BCUT2D eigenvalue weighted by atomic mass is 9.96. The van der Waals surface area contributed by atoms with Crippen LogP contribution >= 0.6 is 0 Å². The van der Waals surface area contributed by atoms with E-state index in [2.05, 4.69) is 17.1 Å². The van der Waals surface area contributed by atoms with Crippen LogP contribution in [0.25, 0.3) is 22.0 Å². The van der Waals surface area contributed by atoms with Gasteiger partial charge in [-0.25, -0.2) is 4.39 Å². The molecule has 0 aliphatic rings. The first kappa shape index (κ1) is 20.6. The summed E-state index contributed by atoms with van der Waals surface area (Å²) in [7, 11) is 0. The second-order valence-electron chi connectivity index (χ2n) is 6.65. The van der Waals surface area contributed by atoms with Crippen LogP contribution in [0.5, 0.6) is 5.75 Å². The molecule has 0 amide bonds. The number of hydrogen-bond acceptors (Lipinski definition) is 2. The number of nitrogens with zero attached hydrogens (tertiary/aromatic N) is 1. The zero-order valence-electron chi connectivity index (χ0n) is 17.4. The Morgan fingerprint density at radius 1 is 1.00 bits per heavy atom. The van der Waals surface area contributed by atoms with Crippen molar-refractivity contribution >= 4 is 10.9 Å². The van der Waals surface area contributed by atoms with Crippen LogP contribution in [0.4, 0.5) is 4.39 Å². The summed E-state index contributed by atoms with van der Waals surface area (Å²) < 4.78 is 20.5. The monoisotopic (exact) mass is 390 g/mol. The van der Waals surface area contributed by atoms with Crippen molar-refractivity contribution in [3.05, 3.63) is 83.3 Å². The Balaban J connectivity index is 0.00000117. The molecule has 0 aliphatic carbocycles.